The highest BCUT2D eigenvalue weighted by Crippen LogP contribution is 2.29. The number of hydrogen-bond donors (Lipinski definition) is 0. The molecule has 0 aliphatic carbocycles. The fourth-order valence-corrected chi connectivity index (χ4v) is 1.75. The Hall–Kier alpha value is -1.94. The van der Waals surface area contributed by atoms with Crippen LogP contribution >= 0.6 is 11.6 Å². The van der Waals surface area contributed by atoms with E-state index in [4.69, 9.17) is 16.3 Å². The summed E-state index contributed by atoms with van der Waals surface area (Å²) in [7, 11) is 0. The van der Waals surface area contributed by atoms with Gasteiger partial charge >= 0.3 is 0 Å². The van der Waals surface area contributed by atoms with Crippen LogP contribution in [-0.4, -0.2) is 10.8 Å². The lowest BCUT2D eigenvalue weighted by Gasteiger charge is -2.11. The van der Waals surface area contributed by atoms with Gasteiger partial charge < -0.3 is 4.74 Å². The Morgan fingerprint density at radius 1 is 1.32 bits per heavy atom. The van der Waals surface area contributed by atoms with Crippen molar-refractivity contribution in [3.8, 4) is 11.5 Å². The molecule has 0 radical (unpaired) electrons. The third kappa shape index (κ3) is 3.09. The number of ketones is 1. The van der Waals surface area contributed by atoms with Gasteiger partial charge in [-0.3, -0.25) is 9.78 Å². The van der Waals surface area contributed by atoms with Gasteiger partial charge in [-0.2, -0.15) is 0 Å². The molecule has 0 saturated heterocycles. The summed E-state index contributed by atoms with van der Waals surface area (Å²) in [5.74, 6) is -0.0397. The Morgan fingerprint density at radius 3 is 2.68 bits per heavy atom. The van der Waals surface area contributed by atoms with Crippen LogP contribution in [0.1, 0.15) is 22.8 Å². The first-order chi connectivity index (χ1) is 8.97. The lowest BCUT2D eigenvalue weighted by atomic mass is 10.1. The first kappa shape index (κ1) is 13.5. The Morgan fingerprint density at radius 2 is 2.05 bits per heavy atom. The molecule has 98 valence electrons. The molecule has 0 amide bonds. The van der Waals surface area contributed by atoms with Gasteiger partial charge in [0.25, 0.3) is 0 Å². The van der Waals surface area contributed by atoms with Crippen molar-refractivity contribution >= 4 is 17.4 Å². The highest BCUT2D eigenvalue weighted by atomic mass is 35.5. The fraction of sp³-hybridized carbons (Fsp3) is 0.143. The summed E-state index contributed by atoms with van der Waals surface area (Å²) in [6.45, 7) is 2.95. The quantitative estimate of drug-likeness (QED) is 0.791. The van der Waals surface area contributed by atoms with Crippen LogP contribution in [0.25, 0.3) is 0 Å². The summed E-state index contributed by atoms with van der Waals surface area (Å²) in [6, 6.07) is 4.22. The first-order valence-electron chi connectivity index (χ1n) is 5.57. The number of benzene rings is 1. The predicted molar refractivity (Wildman–Crippen MR) is 70.5 cm³/mol. The Kier molecular flexibility index (Phi) is 3.81. The van der Waals surface area contributed by atoms with Gasteiger partial charge in [0.15, 0.2) is 5.78 Å². The van der Waals surface area contributed by atoms with Crippen molar-refractivity contribution in [1.82, 2.24) is 4.98 Å². The van der Waals surface area contributed by atoms with E-state index in [1.54, 1.807) is 13.0 Å². The zero-order valence-corrected chi connectivity index (χ0v) is 11.2. The number of rotatable bonds is 3. The third-order valence-corrected chi connectivity index (χ3v) is 2.75. The average Bonchev–Trinajstić information content (AvgIpc) is 2.33. The van der Waals surface area contributed by atoms with E-state index in [1.165, 1.54) is 31.5 Å². The number of pyridine rings is 1. The molecular formula is C14H11ClFNO2. The van der Waals surface area contributed by atoms with Gasteiger partial charge in [0, 0.05) is 12.3 Å². The molecule has 5 heteroatoms. The van der Waals surface area contributed by atoms with E-state index in [2.05, 4.69) is 4.98 Å². The second-order valence-corrected chi connectivity index (χ2v) is 4.53. The maximum absolute atomic E-state index is 13.5. The lowest BCUT2D eigenvalue weighted by molar-refractivity contribution is 0.101. The van der Waals surface area contributed by atoms with E-state index < -0.39 is 5.82 Å². The van der Waals surface area contributed by atoms with Gasteiger partial charge in [0.1, 0.15) is 17.3 Å². The van der Waals surface area contributed by atoms with E-state index in [0.717, 1.165) is 0 Å². The van der Waals surface area contributed by atoms with E-state index in [9.17, 15) is 9.18 Å². The van der Waals surface area contributed by atoms with E-state index in [1.807, 2.05) is 0 Å². The molecule has 0 saturated carbocycles. The molecule has 19 heavy (non-hydrogen) atoms. The second kappa shape index (κ2) is 5.36. The summed E-state index contributed by atoms with van der Waals surface area (Å²) in [6.07, 6.45) is 2.94. The van der Waals surface area contributed by atoms with Gasteiger partial charge in [0.2, 0.25) is 0 Å². The van der Waals surface area contributed by atoms with Crippen molar-refractivity contribution < 1.29 is 13.9 Å². The normalized spacial score (nSPS) is 10.3. The molecule has 2 rings (SSSR count). The number of halogens is 2. The molecule has 1 aromatic carbocycles. The smallest absolute Gasteiger partial charge is 0.163 e. The zero-order chi connectivity index (χ0) is 14.0. The van der Waals surface area contributed by atoms with Crippen LogP contribution in [0.5, 0.6) is 11.5 Å². The molecule has 0 unspecified atom stereocenters. The summed E-state index contributed by atoms with van der Waals surface area (Å²) >= 11 is 5.80. The van der Waals surface area contributed by atoms with Gasteiger partial charge in [0.05, 0.1) is 16.8 Å². The summed E-state index contributed by atoms with van der Waals surface area (Å²) < 4.78 is 19.0. The number of aromatic nitrogens is 1. The predicted octanol–water partition coefficient (Wildman–Crippen LogP) is 4.18. The van der Waals surface area contributed by atoms with Crippen LogP contribution in [0, 0.1) is 12.7 Å². The molecular weight excluding hydrogens is 269 g/mol. The molecule has 0 spiro atoms. The van der Waals surface area contributed by atoms with E-state index >= 15 is 0 Å². The fourth-order valence-electron chi connectivity index (χ4n) is 1.59. The molecule has 1 heterocycles. The maximum atomic E-state index is 13.5. The number of nitrogens with zero attached hydrogens (tertiary/aromatic N) is 1. The van der Waals surface area contributed by atoms with Crippen LogP contribution in [0.3, 0.4) is 0 Å². The molecule has 1 aromatic heterocycles. The van der Waals surface area contributed by atoms with Crippen molar-refractivity contribution in [2.24, 2.45) is 0 Å². The number of ether oxygens (including phenoxy) is 1. The Balaban J connectivity index is 2.44. The molecule has 3 nitrogen and oxygen atoms in total. The molecule has 0 aliphatic rings. The highest BCUT2D eigenvalue weighted by Gasteiger charge is 2.13. The lowest BCUT2D eigenvalue weighted by Crippen LogP contribution is -2.00. The van der Waals surface area contributed by atoms with Crippen molar-refractivity contribution in [3.05, 3.63) is 52.6 Å². The zero-order valence-electron chi connectivity index (χ0n) is 10.4. The van der Waals surface area contributed by atoms with Crippen LogP contribution in [0.2, 0.25) is 5.02 Å². The number of carbonyl (C=O) groups excluding carboxylic acids is 1. The molecule has 0 aliphatic heterocycles. The van der Waals surface area contributed by atoms with Crippen molar-refractivity contribution in [3.63, 3.8) is 0 Å². The molecule has 2 aromatic rings. The van der Waals surface area contributed by atoms with Crippen molar-refractivity contribution in [2.75, 3.05) is 0 Å². The second-order valence-electron chi connectivity index (χ2n) is 4.09. The van der Waals surface area contributed by atoms with Gasteiger partial charge in [-0.05, 0) is 31.5 Å². The van der Waals surface area contributed by atoms with Crippen molar-refractivity contribution in [2.45, 2.75) is 13.8 Å². The van der Waals surface area contributed by atoms with Crippen LogP contribution < -0.4 is 4.74 Å². The van der Waals surface area contributed by atoms with E-state index in [0.29, 0.717) is 16.3 Å². The SMILES string of the molecule is CC(=O)c1cc(F)c(C)cc1Oc1cncc(Cl)c1. The number of aryl methyl sites for hydroxylation is 1. The summed E-state index contributed by atoms with van der Waals surface area (Å²) in [4.78, 5) is 15.4. The molecule has 0 bridgehead atoms. The third-order valence-electron chi connectivity index (χ3n) is 2.55. The van der Waals surface area contributed by atoms with Crippen molar-refractivity contribution in [1.29, 1.82) is 0 Å². The largest absolute Gasteiger partial charge is 0.455 e. The number of carbonyl (C=O) groups is 1. The molecule has 0 fully saturated rings. The van der Waals surface area contributed by atoms with Gasteiger partial charge in [-0.25, -0.2) is 4.39 Å². The standard InChI is InChI=1S/C14H11ClFNO2/c1-8-3-14(12(9(2)18)5-13(8)16)19-11-4-10(15)6-17-7-11/h3-7H,1-2H3. The summed E-state index contributed by atoms with van der Waals surface area (Å²) in [5, 5.41) is 0.417. The molecule has 0 atom stereocenters. The number of Topliss-reactive ketones (excluding diaryl/α,β-unsaturated/α-hetero) is 1. The monoisotopic (exact) mass is 279 g/mol. The Labute approximate surface area is 115 Å². The average molecular weight is 280 g/mol. The van der Waals surface area contributed by atoms with Crippen LogP contribution in [0.15, 0.2) is 30.6 Å². The van der Waals surface area contributed by atoms with Crippen LogP contribution in [0.4, 0.5) is 4.39 Å². The van der Waals surface area contributed by atoms with Gasteiger partial charge in [-0.1, -0.05) is 11.6 Å². The highest BCUT2D eigenvalue weighted by molar-refractivity contribution is 6.30. The minimum absolute atomic E-state index is 0.183. The Bertz CT molecular complexity index is 643. The minimum Gasteiger partial charge on any atom is -0.455 e. The van der Waals surface area contributed by atoms with E-state index in [-0.39, 0.29) is 17.1 Å². The summed E-state index contributed by atoms with van der Waals surface area (Å²) in [5.41, 5.74) is 0.582. The topological polar surface area (TPSA) is 39.2 Å². The first-order valence-corrected chi connectivity index (χ1v) is 5.94. The van der Waals surface area contributed by atoms with Crippen LogP contribution in [-0.2, 0) is 0 Å². The maximum Gasteiger partial charge on any atom is 0.163 e. The molecule has 0 N–H and O–H groups in total. The number of hydrogen-bond acceptors (Lipinski definition) is 3. The van der Waals surface area contributed by atoms with Gasteiger partial charge in [-0.15, -0.1) is 0 Å². The minimum atomic E-state index is -0.443.